The van der Waals surface area contributed by atoms with E-state index in [9.17, 15) is 8.42 Å². The lowest BCUT2D eigenvalue weighted by Gasteiger charge is -2.12. The molecule has 0 amide bonds. The van der Waals surface area contributed by atoms with Crippen LogP contribution in [-0.2, 0) is 17.1 Å². The van der Waals surface area contributed by atoms with Gasteiger partial charge in [-0.3, -0.25) is 4.68 Å². The average Bonchev–Trinajstić information content (AvgIpc) is 2.76. The third-order valence-corrected chi connectivity index (χ3v) is 4.50. The minimum Gasteiger partial charge on any atom is -0.315 e. The maximum absolute atomic E-state index is 12.0. The van der Waals surface area contributed by atoms with E-state index in [0.717, 1.165) is 13.0 Å². The number of hydrogen-bond donors (Lipinski definition) is 2. The van der Waals surface area contributed by atoms with E-state index >= 15 is 0 Å². The van der Waals surface area contributed by atoms with Crippen LogP contribution in [0.15, 0.2) is 11.2 Å². The summed E-state index contributed by atoms with van der Waals surface area (Å²) in [5, 5.41) is 7.05. The van der Waals surface area contributed by atoms with Crippen LogP contribution in [0.25, 0.3) is 0 Å². The Morgan fingerprint density at radius 3 is 2.82 bits per heavy atom. The van der Waals surface area contributed by atoms with Crippen molar-refractivity contribution in [3.63, 3.8) is 0 Å². The number of hydrogen-bond acceptors (Lipinski definition) is 4. The van der Waals surface area contributed by atoms with Crippen molar-refractivity contribution in [1.82, 2.24) is 19.8 Å². The Morgan fingerprint density at radius 2 is 2.35 bits per heavy atom. The zero-order chi connectivity index (χ0) is 11.8. The van der Waals surface area contributed by atoms with Crippen molar-refractivity contribution in [2.75, 3.05) is 13.1 Å². The fraction of sp³-hybridized carbons (Fsp3) is 0.625. The first-order chi connectivity index (χ1) is 7.50. The number of halogens is 2. The van der Waals surface area contributed by atoms with Crippen LogP contribution in [0.4, 0.5) is 0 Å². The predicted octanol–water partition coefficient (Wildman–Crippen LogP) is 0.136. The van der Waals surface area contributed by atoms with E-state index in [1.807, 2.05) is 0 Å². The molecule has 0 spiro atoms. The summed E-state index contributed by atoms with van der Waals surface area (Å²) in [4.78, 5) is 0. The van der Waals surface area contributed by atoms with E-state index in [4.69, 9.17) is 11.6 Å². The van der Waals surface area contributed by atoms with E-state index in [0.29, 0.717) is 6.54 Å². The molecule has 0 bridgehead atoms. The topological polar surface area (TPSA) is 76.0 Å². The Bertz CT molecular complexity index is 462. The number of sulfonamides is 1. The van der Waals surface area contributed by atoms with Gasteiger partial charge in [-0.1, -0.05) is 11.6 Å². The van der Waals surface area contributed by atoms with Gasteiger partial charge in [0.25, 0.3) is 10.0 Å². The summed E-state index contributed by atoms with van der Waals surface area (Å²) in [5.74, 6) is 0. The first kappa shape index (κ1) is 14.7. The number of aryl methyl sites for hydroxylation is 1. The van der Waals surface area contributed by atoms with Crippen molar-refractivity contribution in [2.24, 2.45) is 7.05 Å². The molecule has 0 aromatic carbocycles. The van der Waals surface area contributed by atoms with Crippen LogP contribution in [0, 0.1) is 0 Å². The molecule has 17 heavy (non-hydrogen) atoms. The molecule has 2 rings (SSSR count). The van der Waals surface area contributed by atoms with Gasteiger partial charge in [-0.2, -0.15) is 5.10 Å². The van der Waals surface area contributed by atoms with Crippen LogP contribution < -0.4 is 10.0 Å². The van der Waals surface area contributed by atoms with Crippen molar-refractivity contribution in [3.8, 4) is 0 Å². The molecule has 1 aromatic heterocycles. The van der Waals surface area contributed by atoms with Gasteiger partial charge in [0.1, 0.15) is 0 Å². The van der Waals surface area contributed by atoms with Crippen LogP contribution in [0.3, 0.4) is 0 Å². The third-order valence-electron chi connectivity index (χ3n) is 2.48. The highest BCUT2D eigenvalue weighted by Crippen LogP contribution is 2.20. The van der Waals surface area contributed by atoms with Crippen molar-refractivity contribution >= 4 is 34.0 Å². The maximum Gasteiger partial charge on any atom is 0.259 e. The summed E-state index contributed by atoms with van der Waals surface area (Å²) in [5.41, 5.74) is 0. The highest BCUT2D eigenvalue weighted by Gasteiger charge is 2.27. The molecular weight excluding hydrogens is 287 g/mol. The lowest BCUT2D eigenvalue weighted by atomic mass is 10.3. The molecule has 1 aliphatic rings. The zero-order valence-electron chi connectivity index (χ0n) is 9.18. The van der Waals surface area contributed by atoms with Gasteiger partial charge in [0.2, 0.25) is 0 Å². The molecule has 1 fully saturated rings. The van der Waals surface area contributed by atoms with E-state index in [1.54, 1.807) is 7.05 Å². The van der Waals surface area contributed by atoms with Crippen molar-refractivity contribution in [3.05, 3.63) is 11.2 Å². The molecule has 1 aliphatic heterocycles. The molecule has 1 unspecified atom stereocenters. The molecule has 0 radical (unpaired) electrons. The van der Waals surface area contributed by atoms with Gasteiger partial charge in [0, 0.05) is 19.6 Å². The summed E-state index contributed by atoms with van der Waals surface area (Å²) in [6, 6.07) is -0.0732. The molecular formula is C8H14Cl2N4O2S. The number of aromatic nitrogens is 2. The van der Waals surface area contributed by atoms with Gasteiger partial charge < -0.3 is 5.32 Å². The zero-order valence-corrected chi connectivity index (χ0v) is 11.6. The van der Waals surface area contributed by atoms with Crippen molar-refractivity contribution in [1.29, 1.82) is 0 Å². The SMILES string of the molecule is Cl.Cn1ncc(Cl)c1S(=O)(=O)NC1CCNC1. The van der Waals surface area contributed by atoms with Crippen molar-refractivity contribution < 1.29 is 8.42 Å². The van der Waals surface area contributed by atoms with E-state index < -0.39 is 10.0 Å². The minimum absolute atomic E-state index is 0. The lowest BCUT2D eigenvalue weighted by Crippen LogP contribution is -2.37. The predicted molar refractivity (Wildman–Crippen MR) is 67.1 cm³/mol. The molecule has 1 saturated heterocycles. The molecule has 0 aliphatic carbocycles. The largest absolute Gasteiger partial charge is 0.315 e. The molecule has 2 heterocycles. The molecule has 6 nitrogen and oxygen atoms in total. The van der Waals surface area contributed by atoms with Gasteiger partial charge >= 0.3 is 0 Å². The fourth-order valence-corrected chi connectivity index (χ4v) is 3.66. The lowest BCUT2D eigenvalue weighted by molar-refractivity contribution is 0.544. The second-order valence-electron chi connectivity index (χ2n) is 3.73. The van der Waals surface area contributed by atoms with Crippen LogP contribution in [-0.4, -0.2) is 37.3 Å². The van der Waals surface area contributed by atoms with Gasteiger partial charge in [0.15, 0.2) is 5.03 Å². The van der Waals surface area contributed by atoms with E-state index in [2.05, 4.69) is 15.1 Å². The van der Waals surface area contributed by atoms with Crippen LogP contribution in [0.5, 0.6) is 0 Å². The maximum atomic E-state index is 12.0. The van der Waals surface area contributed by atoms with Crippen LogP contribution >= 0.6 is 24.0 Å². The number of nitrogens with one attached hydrogen (secondary N) is 2. The standard InChI is InChI=1S/C8H13ClN4O2S.ClH/c1-13-8(7(9)5-11-13)16(14,15)12-6-2-3-10-4-6;/h5-6,10,12H,2-4H2,1H3;1H. The van der Waals surface area contributed by atoms with E-state index in [1.165, 1.54) is 10.9 Å². The first-order valence-corrected chi connectivity index (χ1v) is 6.77. The fourth-order valence-electron chi connectivity index (χ4n) is 1.73. The highest BCUT2D eigenvalue weighted by atomic mass is 35.5. The minimum atomic E-state index is -3.58. The average molecular weight is 301 g/mol. The Labute approximate surface area is 111 Å². The summed E-state index contributed by atoms with van der Waals surface area (Å²) in [7, 11) is -2.03. The number of nitrogens with zero attached hydrogens (tertiary/aromatic N) is 2. The van der Waals surface area contributed by atoms with Gasteiger partial charge in [-0.05, 0) is 13.0 Å². The highest BCUT2D eigenvalue weighted by molar-refractivity contribution is 7.89. The summed E-state index contributed by atoms with van der Waals surface area (Å²) in [6.07, 6.45) is 2.11. The summed E-state index contributed by atoms with van der Waals surface area (Å²) in [6.45, 7) is 1.47. The molecule has 2 N–H and O–H groups in total. The second-order valence-corrected chi connectivity index (χ2v) is 5.77. The Balaban J connectivity index is 0.00000144. The molecule has 98 valence electrons. The van der Waals surface area contributed by atoms with Gasteiger partial charge in [-0.25, -0.2) is 13.1 Å². The summed E-state index contributed by atoms with van der Waals surface area (Å²) >= 11 is 5.80. The summed E-state index contributed by atoms with van der Waals surface area (Å²) < 4.78 is 27.9. The van der Waals surface area contributed by atoms with Crippen LogP contribution in [0.1, 0.15) is 6.42 Å². The smallest absolute Gasteiger partial charge is 0.259 e. The normalized spacial score (nSPS) is 20.2. The Hall–Kier alpha value is -0.340. The molecule has 1 aromatic rings. The Morgan fingerprint density at radius 1 is 1.65 bits per heavy atom. The van der Waals surface area contributed by atoms with Crippen molar-refractivity contribution in [2.45, 2.75) is 17.5 Å². The molecule has 9 heteroatoms. The monoisotopic (exact) mass is 300 g/mol. The van der Waals surface area contributed by atoms with Crippen LogP contribution in [0.2, 0.25) is 5.02 Å². The quantitative estimate of drug-likeness (QED) is 0.832. The third kappa shape index (κ3) is 3.11. The van der Waals surface area contributed by atoms with E-state index in [-0.39, 0.29) is 28.5 Å². The van der Waals surface area contributed by atoms with Gasteiger partial charge in [-0.15, -0.1) is 12.4 Å². The molecule has 1 atom stereocenters. The number of rotatable bonds is 3. The molecule has 0 saturated carbocycles. The Kier molecular flexibility index (Phi) is 4.79. The van der Waals surface area contributed by atoms with Gasteiger partial charge in [0.05, 0.1) is 11.2 Å². The second kappa shape index (κ2) is 5.53. The first-order valence-electron chi connectivity index (χ1n) is 4.91.